The van der Waals surface area contributed by atoms with Crippen molar-refractivity contribution in [1.29, 1.82) is 0 Å². The number of nitrogens with zero attached hydrogens (tertiary/aromatic N) is 1. The average molecular weight is 961 g/mol. The molecule has 0 fully saturated rings. The van der Waals surface area contributed by atoms with Crippen LogP contribution < -0.4 is 0 Å². The molecule has 0 saturated carbocycles. The monoisotopic (exact) mass is 961 g/mol. The summed E-state index contributed by atoms with van der Waals surface area (Å²) in [7, 11) is 1.47. The molecule has 67 heavy (non-hydrogen) atoms. The summed E-state index contributed by atoms with van der Waals surface area (Å²) in [6.45, 7) is 4.32. The standard InChI is InChI=1S/C57H102NO8P/c1-6-8-10-12-14-16-18-20-22-23-24-25-26-27-28-29-30-31-32-33-34-35-36-38-40-42-44-46-48-50-57(60)66-55(54-65-67(61,62)64-52-51-58(3,4)5)53-63-56(59)49-47-45-43-41-39-37-21-19-17-15-13-11-9-7-2/h8,10,14,16,20,22,24-25,27-28,30-31,55H,6-7,9,11-13,15,17-19,21,23,26,29,32-54H2,1-5H3/p+1/b10-8-,16-14-,22-20-,25-24-,28-27-,31-30-. The summed E-state index contributed by atoms with van der Waals surface area (Å²) in [4.78, 5) is 35.6. The van der Waals surface area contributed by atoms with Gasteiger partial charge < -0.3 is 18.9 Å². The molecule has 0 amide bonds. The summed E-state index contributed by atoms with van der Waals surface area (Å²) in [5, 5.41) is 0. The fraction of sp³-hybridized carbons (Fsp3) is 0.754. The van der Waals surface area contributed by atoms with Gasteiger partial charge in [-0.3, -0.25) is 18.6 Å². The highest BCUT2D eigenvalue weighted by atomic mass is 31.2. The lowest BCUT2D eigenvalue weighted by Crippen LogP contribution is -2.37. The van der Waals surface area contributed by atoms with E-state index in [9.17, 15) is 19.0 Å². The van der Waals surface area contributed by atoms with Gasteiger partial charge in [0.25, 0.3) is 0 Å². The van der Waals surface area contributed by atoms with Crippen molar-refractivity contribution >= 4 is 19.8 Å². The number of esters is 2. The van der Waals surface area contributed by atoms with Crippen molar-refractivity contribution in [1.82, 2.24) is 0 Å². The fourth-order valence-corrected chi connectivity index (χ4v) is 8.05. The van der Waals surface area contributed by atoms with Crippen LogP contribution >= 0.6 is 7.82 Å². The van der Waals surface area contributed by atoms with Gasteiger partial charge in [0.2, 0.25) is 0 Å². The lowest BCUT2D eigenvalue weighted by Gasteiger charge is -2.24. The second-order valence-corrected chi connectivity index (χ2v) is 20.7. The summed E-state index contributed by atoms with van der Waals surface area (Å²) in [5.74, 6) is -0.799. The molecule has 0 aliphatic heterocycles. The number of hydrogen-bond acceptors (Lipinski definition) is 7. The Morgan fingerprint density at radius 1 is 0.478 bits per heavy atom. The van der Waals surface area contributed by atoms with Crippen LogP contribution in [0.5, 0.6) is 0 Å². The Labute approximate surface area is 412 Å². The van der Waals surface area contributed by atoms with Crippen LogP contribution in [0, 0.1) is 0 Å². The molecule has 0 aromatic rings. The summed E-state index contributed by atoms with van der Waals surface area (Å²) in [6.07, 6.45) is 62.4. The van der Waals surface area contributed by atoms with Crippen LogP contribution in [0.1, 0.15) is 226 Å². The molecule has 10 heteroatoms. The van der Waals surface area contributed by atoms with E-state index in [1.165, 1.54) is 109 Å². The highest BCUT2D eigenvalue weighted by molar-refractivity contribution is 7.47. The Balaban J connectivity index is 4.17. The first-order valence-electron chi connectivity index (χ1n) is 27.2. The number of allylic oxidation sites excluding steroid dienone is 12. The summed E-state index contributed by atoms with van der Waals surface area (Å²) < 4.78 is 34.5. The van der Waals surface area contributed by atoms with Gasteiger partial charge in [0.05, 0.1) is 27.7 Å². The maximum atomic E-state index is 12.8. The van der Waals surface area contributed by atoms with Crippen LogP contribution in [-0.2, 0) is 32.7 Å². The predicted octanol–water partition coefficient (Wildman–Crippen LogP) is 16.5. The van der Waals surface area contributed by atoms with Crippen molar-refractivity contribution < 1.29 is 42.1 Å². The SMILES string of the molecule is CC/C=C\C/C=C\C/C=C\C/C=C\C/C=C\C/C=C\CCCCCCCCCCCCC(=O)OC(COC(=O)CCCCCCCCCCCCCCCC)COP(=O)(O)OCC[N+](C)(C)C. The van der Waals surface area contributed by atoms with Crippen LogP contribution in [0.4, 0.5) is 0 Å². The summed E-state index contributed by atoms with van der Waals surface area (Å²) >= 11 is 0. The minimum atomic E-state index is -4.38. The Kier molecular flexibility index (Phi) is 46.6. The van der Waals surface area contributed by atoms with Gasteiger partial charge in [0.15, 0.2) is 6.10 Å². The van der Waals surface area contributed by atoms with E-state index in [0.29, 0.717) is 17.4 Å². The summed E-state index contributed by atoms with van der Waals surface area (Å²) in [6, 6.07) is 0. The molecule has 0 aromatic carbocycles. The third-order valence-corrected chi connectivity index (χ3v) is 12.5. The molecule has 0 aliphatic rings. The van der Waals surface area contributed by atoms with E-state index in [-0.39, 0.29) is 32.0 Å². The van der Waals surface area contributed by atoms with E-state index in [2.05, 4.69) is 86.8 Å². The lowest BCUT2D eigenvalue weighted by molar-refractivity contribution is -0.870. The lowest BCUT2D eigenvalue weighted by atomic mass is 10.0. The minimum absolute atomic E-state index is 0.0294. The Bertz CT molecular complexity index is 1360. The quantitative estimate of drug-likeness (QED) is 0.0211. The molecule has 0 bridgehead atoms. The van der Waals surface area contributed by atoms with Gasteiger partial charge in [0, 0.05) is 12.8 Å². The van der Waals surface area contributed by atoms with Gasteiger partial charge in [-0.1, -0.05) is 222 Å². The Morgan fingerprint density at radius 3 is 1.27 bits per heavy atom. The van der Waals surface area contributed by atoms with E-state index in [0.717, 1.165) is 83.5 Å². The molecular formula is C57H103NO8P+. The number of unbranched alkanes of at least 4 members (excludes halogenated alkanes) is 23. The number of ether oxygens (including phenoxy) is 2. The summed E-state index contributed by atoms with van der Waals surface area (Å²) in [5.41, 5.74) is 0. The average Bonchev–Trinajstić information content (AvgIpc) is 3.29. The fourth-order valence-electron chi connectivity index (χ4n) is 7.31. The van der Waals surface area contributed by atoms with Crippen LogP contribution in [0.3, 0.4) is 0 Å². The van der Waals surface area contributed by atoms with Gasteiger partial charge in [-0.15, -0.1) is 0 Å². The molecule has 0 radical (unpaired) electrons. The van der Waals surface area contributed by atoms with E-state index < -0.39 is 26.5 Å². The minimum Gasteiger partial charge on any atom is -0.462 e. The zero-order chi connectivity index (χ0) is 49.2. The number of phosphoric acid groups is 1. The third kappa shape index (κ3) is 52.7. The maximum absolute atomic E-state index is 12.8. The van der Waals surface area contributed by atoms with Crippen LogP contribution in [0.25, 0.3) is 0 Å². The molecular weight excluding hydrogens is 858 g/mol. The van der Waals surface area contributed by atoms with Crippen LogP contribution in [-0.4, -0.2) is 74.9 Å². The normalized spacial score (nSPS) is 13.9. The molecule has 0 saturated heterocycles. The van der Waals surface area contributed by atoms with Crippen molar-refractivity contribution in [2.45, 2.75) is 232 Å². The van der Waals surface area contributed by atoms with Gasteiger partial charge in [0.1, 0.15) is 19.8 Å². The van der Waals surface area contributed by atoms with E-state index >= 15 is 0 Å². The van der Waals surface area contributed by atoms with Crippen LogP contribution in [0.2, 0.25) is 0 Å². The van der Waals surface area contributed by atoms with Crippen molar-refractivity contribution in [3.63, 3.8) is 0 Å². The largest absolute Gasteiger partial charge is 0.472 e. The number of carbonyl (C=O) groups excluding carboxylic acids is 2. The molecule has 0 heterocycles. The third-order valence-electron chi connectivity index (χ3n) is 11.5. The highest BCUT2D eigenvalue weighted by Crippen LogP contribution is 2.43. The zero-order valence-electron chi connectivity index (χ0n) is 43.9. The second-order valence-electron chi connectivity index (χ2n) is 19.2. The molecule has 0 rings (SSSR count). The first-order valence-corrected chi connectivity index (χ1v) is 28.7. The topological polar surface area (TPSA) is 108 Å². The van der Waals surface area contributed by atoms with Crippen molar-refractivity contribution in [3.05, 3.63) is 72.9 Å². The zero-order valence-corrected chi connectivity index (χ0v) is 44.8. The molecule has 9 nitrogen and oxygen atoms in total. The predicted molar refractivity (Wildman–Crippen MR) is 284 cm³/mol. The van der Waals surface area contributed by atoms with Gasteiger partial charge in [-0.25, -0.2) is 4.57 Å². The Hall–Kier alpha value is -2.55. The number of likely N-dealkylation sites (N-methyl/N-ethyl adjacent to an activating group) is 1. The smallest absolute Gasteiger partial charge is 0.462 e. The molecule has 0 aromatic heterocycles. The maximum Gasteiger partial charge on any atom is 0.472 e. The number of hydrogen-bond donors (Lipinski definition) is 1. The molecule has 0 spiro atoms. The van der Waals surface area contributed by atoms with Crippen molar-refractivity contribution in [2.75, 3.05) is 47.5 Å². The van der Waals surface area contributed by atoms with E-state index in [4.69, 9.17) is 18.5 Å². The molecule has 2 unspecified atom stereocenters. The molecule has 2 atom stereocenters. The first kappa shape index (κ1) is 64.5. The first-order chi connectivity index (χ1) is 32.5. The van der Waals surface area contributed by atoms with Crippen molar-refractivity contribution in [2.24, 2.45) is 0 Å². The number of quaternary nitrogens is 1. The van der Waals surface area contributed by atoms with Gasteiger partial charge in [-0.05, 0) is 64.2 Å². The second kappa shape index (κ2) is 48.5. The molecule has 388 valence electrons. The highest BCUT2D eigenvalue weighted by Gasteiger charge is 2.27. The number of phosphoric ester groups is 1. The van der Waals surface area contributed by atoms with Crippen molar-refractivity contribution in [3.8, 4) is 0 Å². The Morgan fingerprint density at radius 2 is 0.851 bits per heavy atom. The molecule has 0 aliphatic carbocycles. The van der Waals surface area contributed by atoms with E-state index in [1.807, 2.05) is 21.1 Å². The number of carbonyl (C=O) groups is 2. The van der Waals surface area contributed by atoms with Crippen LogP contribution in [0.15, 0.2) is 72.9 Å². The number of rotatable bonds is 49. The van der Waals surface area contributed by atoms with Gasteiger partial charge >= 0.3 is 19.8 Å². The van der Waals surface area contributed by atoms with E-state index in [1.54, 1.807) is 0 Å². The molecule has 1 N–H and O–H groups in total. The van der Waals surface area contributed by atoms with Gasteiger partial charge in [-0.2, -0.15) is 0 Å².